The van der Waals surface area contributed by atoms with E-state index in [0.717, 1.165) is 19.3 Å². The number of carboxylic acids is 1. The lowest BCUT2D eigenvalue weighted by molar-refractivity contribution is -0.138. The predicted molar refractivity (Wildman–Crippen MR) is 83.2 cm³/mol. The van der Waals surface area contributed by atoms with Crippen LogP contribution in [0.4, 0.5) is 4.79 Å². The van der Waals surface area contributed by atoms with Gasteiger partial charge in [-0.15, -0.1) is 0 Å². The van der Waals surface area contributed by atoms with E-state index < -0.39 is 5.97 Å². The van der Waals surface area contributed by atoms with Crippen molar-refractivity contribution in [1.29, 1.82) is 0 Å². The summed E-state index contributed by atoms with van der Waals surface area (Å²) in [6.45, 7) is 7.32. The van der Waals surface area contributed by atoms with Crippen LogP contribution in [0.15, 0.2) is 0 Å². The van der Waals surface area contributed by atoms with Gasteiger partial charge in [0.25, 0.3) is 0 Å². The van der Waals surface area contributed by atoms with Crippen LogP contribution in [0, 0.1) is 11.8 Å². The van der Waals surface area contributed by atoms with Crippen LogP contribution < -0.4 is 5.32 Å². The van der Waals surface area contributed by atoms with Gasteiger partial charge in [-0.2, -0.15) is 0 Å². The van der Waals surface area contributed by atoms with Gasteiger partial charge in [0.05, 0.1) is 0 Å². The molecular weight excluding hydrogens is 268 g/mol. The van der Waals surface area contributed by atoms with Gasteiger partial charge in [0.2, 0.25) is 0 Å². The van der Waals surface area contributed by atoms with Crippen LogP contribution >= 0.6 is 0 Å². The summed E-state index contributed by atoms with van der Waals surface area (Å²) in [7, 11) is 0. The van der Waals surface area contributed by atoms with E-state index in [0.29, 0.717) is 25.0 Å². The Morgan fingerprint density at radius 3 is 2.38 bits per heavy atom. The Hall–Kier alpha value is -1.26. The van der Waals surface area contributed by atoms with Gasteiger partial charge < -0.3 is 15.3 Å². The number of carbonyl (C=O) groups excluding carboxylic acids is 1. The Kier molecular flexibility index (Phi) is 7.54. The molecule has 1 saturated carbocycles. The maximum Gasteiger partial charge on any atom is 0.317 e. The van der Waals surface area contributed by atoms with Crippen LogP contribution in [-0.2, 0) is 4.79 Å². The lowest BCUT2D eigenvalue weighted by Crippen LogP contribution is -2.46. The molecule has 0 aromatic rings. The first-order valence-electron chi connectivity index (χ1n) is 8.20. The summed E-state index contributed by atoms with van der Waals surface area (Å²) in [5.74, 6) is -0.352. The monoisotopic (exact) mass is 298 g/mol. The molecule has 1 aliphatic carbocycles. The molecule has 0 aromatic heterocycles. The van der Waals surface area contributed by atoms with E-state index >= 15 is 0 Å². The van der Waals surface area contributed by atoms with Crippen LogP contribution in [0.3, 0.4) is 0 Å². The average molecular weight is 298 g/mol. The number of nitrogens with zero attached hydrogens (tertiary/aromatic N) is 1. The van der Waals surface area contributed by atoms with E-state index in [1.165, 1.54) is 12.8 Å². The highest BCUT2D eigenvalue weighted by Crippen LogP contribution is 2.23. The second kappa shape index (κ2) is 8.90. The molecule has 2 amide bonds. The number of rotatable bonds is 8. The van der Waals surface area contributed by atoms with E-state index in [-0.39, 0.29) is 18.4 Å². The van der Waals surface area contributed by atoms with Crippen molar-refractivity contribution in [2.24, 2.45) is 11.8 Å². The number of nitrogens with one attached hydrogen (secondary N) is 1. The van der Waals surface area contributed by atoms with Gasteiger partial charge in [-0.25, -0.2) is 4.79 Å². The van der Waals surface area contributed by atoms with E-state index in [1.54, 1.807) is 0 Å². The third-order valence-electron chi connectivity index (χ3n) is 4.18. The van der Waals surface area contributed by atoms with Crippen LogP contribution in [0.5, 0.6) is 0 Å². The predicted octanol–water partition coefficient (Wildman–Crippen LogP) is 3.10. The minimum atomic E-state index is -0.793. The number of urea groups is 1. The maximum atomic E-state index is 12.3. The van der Waals surface area contributed by atoms with Crippen molar-refractivity contribution in [3.05, 3.63) is 0 Å². The molecule has 5 nitrogen and oxygen atoms in total. The SMILES string of the molecule is CCN(C(=O)NCC(CC(=O)O)CC(C)C)C1CCCC1. The summed E-state index contributed by atoms with van der Waals surface area (Å²) in [6.07, 6.45) is 5.51. The van der Waals surface area contributed by atoms with Gasteiger partial charge >= 0.3 is 12.0 Å². The lowest BCUT2D eigenvalue weighted by atomic mass is 9.94. The molecule has 2 N–H and O–H groups in total. The number of carbonyl (C=O) groups is 2. The molecule has 1 fully saturated rings. The molecule has 0 radical (unpaired) electrons. The number of hydrogen-bond donors (Lipinski definition) is 2. The summed E-state index contributed by atoms with van der Waals surface area (Å²) in [4.78, 5) is 25.1. The Morgan fingerprint density at radius 2 is 1.90 bits per heavy atom. The lowest BCUT2D eigenvalue weighted by Gasteiger charge is -2.29. The minimum Gasteiger partial charge on any atom is -0.481 e. The molecule has 0 bridgehead atoms. The van der Waals surface area contributed by atoms with Crippen molar-refractivity contribution in [1.82, 2.24) is 10.2 Å². The Labute approximate surface area is 128 Å². The topological polar surface area (TPSA) is 69.6 Å². The highest BCUT2D eigenvalue weighted by Gasteiger charge is 2.26. The van der Waals surface area contributed by atoms with Crippen LogP contribution in [0.2, 0.25) is 0 Å². The molecule has 0 spiro atoms. The normalized spacial score (nSPS) is 17.0. The Morgan fingerprint density at radius 1 is 1.29 bits per heavy atom. The smallest absolute Gasteiger partial charge is 0.317 e. The zero-order chi connectivity index (χ0) is 15.8. The number of aliphatic carboxylic acids is 1. The first-order chi connectivity index (χ1) is 9.93. The van der Waals surface area contributed by atoms with E-state index in [4.69, 9.17) is 5.11 Å². The molecule has 0 aliphatic heterocycles. The second-order valence-electron chi connectivity index (χ2n) is 6.50. The van der Waals surface area contributed by atoms with Crippen molar-refractivity contribution >= 4 is 12.0 Å². The van der Waals surface area contributed by atoms with Crippen molar-refractivity contribution < 1.29 is 14.7 Å². The molecule has 0 saturated heterocycles. The van der Waals surface area contributed by atoms with E-state index in [2.05, 4.69) is 19.2 Å². The van der Waals surface area contributed by atoms with Crippen LogP contribution in [0.25, 0.3) is 0 Å². The van der Waals surface area contributed by atoms with Gasteiger partial charge in [0, 0.05) is 25.6 Å². The van der Waals surface area contributed by atoms with Crippen molar-refractivity contribution in [2.45, 2.75) is 65.3 Å². The fraction of sp³-hybridized carbons (Fsp3) is 0.875. The van der Waals surface area contributed by atoms with E-state index in [9.17, 15) is 9.59 Å². The molecule has 1 aliphatic rings. The average Bonchev–Trinajstić information content (AvgIpc) is 2.89. The van der Waals surface area contributed by atoms with Gasteiger partial charge in [-0.3, -0.25) is 4.79 Å². The quantitative estimate of drug-likeness (QED) is 0.723. The number of hydrogen-bond acceptors (Lipinski definition) is 2. The van der Waals surface area contributed by atoms with Crippen LogP contribution in [-0.4, -0.2) is 41.1 Å². The molecule has 1 rings (SSSR count). The van der Waals surface area contributed by atoms with Crippen molar-refractivity contribution in [2.75, 3.05) is 13.1 Å². The molecule has 21 heavy (non-hydrogen) atoms. The zero-order valence-electron chi connectivity index (χ0n) is 13.6. The molecular formula is C16H30N2O3. The molecule has 5 heteroatoms. The first kappa shape index (κ1) is 17.8. The van der Waals surface area contributed by atoms with Gasteiger partial charge in [-0.05, 0) is 38.0 Å². The third kappa shape index (κ3) is 6.36. The standard InChI is InChI=1S/C16H30N2O3/c1-4-18(14-7-5-6-8-14)16(21)17-11-13(9-12(2)3)10-15(19)20/h12-14H,4-11H2,1-3H3,(H,17,21)(H,19,20). The zero-order valence-corrected chi connectivity index (χ0v) is 13.6. The van der Waals surface area contributed by atoms with E-state index in [1.807, 2.05) is 11.8 Å². The number of amides is 2. The summed E-state index contributed by atoms with van der Waals surface area (Å²) in [5, 5.41) is 11.9. The fourth-order valence-electron chi connectivity index (χ4n) is 3.27. The third-order valence-corrected chi connectivity index (χ3v) is 4.18. The summed E-state index contributed by atoms with van der Waals surface area (Å²) < 4.78 is 0. The summed E-state index contributed by atoms with van der Waals surface area (Å²) in [6, 6.07) is 0.321. The van der Waals surface area contributed by atoms with Crippen molar-refractivity contribution in [3.8, 4) is 0 Å². The molecule has 1 atom stereocenters. The van der Waals surface area contributed by atoms with Gasteiger partial charge in [-0.1, -0.05) is 26.7 Å². The van der Waals surface area contributed by atoms with Crippen LogP contribution in [0.1, 0.15) is 59.3 Å². The summed E-state index contributed by atoms with van der Waals surface area (Å²) >= 11 is 0. The molecule has 1 unspecified atom stereocenters. The fourth-order valence-corrected chi connectivity index (χ4v) is 3.27. The highest BCUT2D eigenvalue weighted by atomic mass is 16.4. The largest absolute Gasteiger partial charge is 0.481 e. The first-order valence-corrected chi connectivity index (χ1v) is 8.20. The second-order valence-corrected chi connectivity index (χ2v) is 6.50. The Balaban J connectivity index is 2.48. The molecule has 0 aromatic carbocycles. The molecule has 0 heterocycles. The summed E-state index contributed by atoms with van der Waals surface area (Å²) in [5.41, 5.74) is 0. The Bertz CT molecular complexity index is 338. The maximum absolute atomic E-state index is 12.3. The molecule has 122 valence electrons. The minimum absolute atomic E-state index is 0.00809. The van der Waals surface area contributed by atoms with Crippen molar-refractivity contribution in [3.63, 3.8) is 0 Å². The highest BCUT2D eigenvalue weighted by molar-refractivity contribution is 5.74. The van der Waals surface area contributed by atoms with Gasteiger partial charge in [0.15, 0.2) is 0 Å². The van der Waals surface area contributed by atoms with Gasteiger partial charge in [0.1, 0.15) is 0 Å². The number of carboxylic acid groups (broad SMARTS) is 1.